The molecule has 0 radical (unpaired) electrons. The molecule has 0 aliphatic heterocycles. The predicted octanol–water partition coefficient (Wildman–Crippen LogP) is 2.95. The second kappa shape index (κ2) is 9.07. The van der Waals surface area contributed by atoms with Crippen LogP contribution in [0.1, 0.15) is 23.6 Å². The molecule has 1 amide bonds. The Morgan fingerprint density at radius 1 is 1.04 bits per heavy atom. The number of aliphatic carboxylic acids is 1. The van der Waals surface area contributed by atoms with Crippen LogP contribution in [-0.4, -0.2) is 27.0 Å². The maximum absolute atomic E-state index is 12.0. The molecule has 11 heteroatoms. The lowest BCUT2D eigenvalue weighted by atomic mass is 10.0. The van der Waals surface area contributed by atoms with Gasteiger partial charge in [0.2, 0.25) is 0 Å². The Morgan fingerprint density at radius 3 is 2.11 bits per heavy atom. The maximum atomic E-state index is 12.0. The van der Waals surface area contributed by atoms with Crippen molar-refractivity contribution in [2.24, 2.45) is 0 Å². The number of carbonyl (C=O) groups is 2. The second-order valence-electron chi connectivity index (χ2n) is 5.65. The third-order valence-electron chi connectivity index (χ3n) is 3.63. The normalized spacial score (nSPS) is 11.3. The lowest BCUT2D eigenvalue weighted by Crippen LogP contribution is -2.30. The first-order chi connectivity index (χ1) is 13.3. The van der Waals surface area contributed by atoms with Crippen LogP contribution >= 0.6 is 0 Å². The van der Waals surface area contributed by atoms with Gasteiger partial charge in [0.1, 0.15) is 6.61 Å². The van der Waals surface area contributed by atoms with Gasteiger partial charge in [-0.1, -0.05) is 30.3 Å². The van der Waals surface area contributed by atoms with Crippen molar-refractivity contribution in [3.05, 3.63) is 79.9 Å². The van der Waals surface area contributed by atoms with E-state index in [1.54, 1.807) is 30.3 Å². The van der Waals surface area contributed by atoms with Gasteiger partial charge < -0.3 is 15.2 Å². The van der Waals surface area contributed by atoms with E-state index in [-0.39, 0.29) is 12.0 Å². The quantitative estimate of drug-likeness (QED) is 0.514. The van der Waals surface area contributed by atoms with Crippen molar-refractivity contribution in [1.29, 1.82) is 0 Å². The monoisotopic (exact) mass is 389 g/mol. The summed E-state index contributed by atoms with van der Waals surface area (Å²) in [5.41, 5.74) is -0.430. The number of nitrogens with zero attached hydrogens (tertiary/aromatic N) is 2. The minimum Gasteiger partial charge on any atom is -0.481 e. The Balaban J connectivity index is 2.09. The van der Waals surface area contributed by atoms with Gasteiger partial charge >= 0.3 is 12.1 Å². The number of nitrogens with one attached hydrogen (secondary N) is 1. The van der Waals surface area contributed by atoms with E-state index in [4.69, 9.17) is 9.84 Å². The average molecular weight is 389 g/mol. The van der Waals surface area contributed by atoms with Gasteiger partial charge in [0.05, 0.1) is 28.4 Å². The molecule has 11 nitrogen and oxygen atoms in total. The number of hydrogen-bond donors (Lipinski definition) is 2. The summed E-state index contributed by atoms with van der Waals surface area (Å²) < 4.78 is 4.94. The number of carboxylic acids is 1. The van der Waals surface area contributed by atoms with Gasteiger partial charge in [0.25, 0.3) is 11.4 Å². The van der Waals surface area contributed by atoms with Crippen molar-refractivity contribution in [3.63, 3.8) is 0 Å². The molecule has 0 heterocycles. The van der Waals surface area contributed by atoms with Crippen LogP contribution in [0.15, 0.2) is 48.5 Å². The fourth-order valence-corrected chi connectivity index (χ4v) is 2.40. The van der Waals surface area contributed by atoms with Gasteiger partial charge in [-0.25, -0.2) is 4.79 Å². The number of nitro benzene ring substituents is 2. The van der Waals surface area contributed by atoms with Gasteiger partial charge in [-0.3, -0.25) is 25.0 Å². The summed E-state index contributed by atoms with van der Waals surface area (Å²) in [6.45, 7) is -0.469. The molecule has 28 heavy (non-hydrogen) atoms. The van der Waals surface area contributed by atoms with Crippen molar-refractivity contribution < 1.29 is 29.3 Å². The van der Waals surface area contributed by atoms with E-state index in [1.165, 1.54) is 0 Å². The summed E-state index contributed by atoms with van der Waals surface area (Å²) in [6, 6.07) is 10.4. The number of ether oxygens (including phenoxy) is 1. The van der Waals surface area contributed by atoms with Crippen LogP contribution in [0.2, 0.25) is 0 Å². The highest BCUT2D eigenvalue weighted by atomic mass is 16.6. The highest BCUT2D eigenvalue weighted by Crippen LogP contribution is 2.23. The molecule has 2 rings (SSSR count). The van der Waals surface area contributed by atoms with Crippen LogP contribution in [0.4, 0.5) is 16.2 Å². The molecule has 0 fully saturated rings. The third kappa shape index (κ3) is 5.76. The molecular weight excluding hydrogens is 374 g/mol. The SMILES string of the molecule is O=C(O)CC(NC(=O)OCc1cc([N+](=O)[O-])cc([N+](=O)[O-])c1)c1ccccc1. The van der Waals surface area contributed by atoms with Crippen molar-refractivity contribution in [2.45, 2.75) is 19.1 Å². The van der Waals surface area contributed by atoms with E-state index >= 15 is 0 Å². The van der Waals surface area contributed by atoms with Gasteiger partial charge in [-0.15, -0.1) is 0 Å². The fourth-order valence-electron chi connectivity index (χ4n) is 2.40. The number of benzene rings is 2. The molecule has 146 valence electrons. The molecule has 2 N–H and O–H groups in total. The maximum Gasteiger partial charge on any atom is 0.407 e. The van der Waals surface area contributed by atoms with Crippen LogP contribution in [0.25, 0.3) is 0 Å². The lowest BCUT2D eigenvalue weighted by molar-refractivity contribution is -0.394. The second-order valence-corrected chi connectivity index (χ2v) is 5.65. The molecule has 1 atom stereocenters. The number of rotatable bonds is 8. The molecule has 2 aromatic rings. The van der Waals surface area contributed by atoms with Crippen LogP contribution in [-0.2, 0) is 16.1 Å². The molecule has 0 saturated heterocycles. The Morgan fingerprint density at radius 2 is 1.61 bits per heavy atom. The van der Waals surface area contributed by atoms with E-state index in [0.29, 0.717) is 5.56 Å². The smallest absolute Gasteiger partial charge is 0.407 e. The number of amides is 1. The molecule has 0 spiro atoms. The Bertz CT molecular complexity index is 868. The molecule has 0 aliphatic carbocycles. The summed E-state index contributed by atoms with van der Waals surface area (Å²) in [5, 5.41) is 33.2. The van der Waals surface area contributed by atoms with Crippen LogP contribution in [0.3, 0.4) is 0 Å². The number of carboxylic acid groups (broad SMARTS) is 1. The van der Waals surface area contributed by atoms with Crippen LogP contribution in [0.5, 0.6) is 0 Å². The first kappa shape index (κ1) is 20.3. The highest BCUT2D eigenvalue weighted by Gasteiger charge is 2.20. The van der Waals surface area contributed by atoms with Crippen molar-refractivity contribution >= 4 is 23.4 Å². The molecule has 2 aromatic carbocycles. The van der Waals surface area contributed by atoms with E-state index in [2.05, 4.69) is 5.32 Å². The summed E-state index contributed by atoms with van der Waals surface area (Å²) in [5.74, 6) is -1.14. The van der Waals surface area contributed by atoms with Gasteiger partial charge in [-0.2, -0.15) is 0 Å². The van der Waals surface area contributed by atoms with E-state index in [9.17, 15) is 29.8 Å². The largest absolute Gasteiger partial charge is 0.481 e. The topological polar surface area (TPSA) is 162 Å². The molecule has 0 aromatic heterocycles. The number of alkyl carbamates (subject to hydrolysis) is 1. The summed E-state index contributed by atoms with van der Waals surface area (Å²) >= 11 is 0. The molecule has 0 saturated carbocycles. The number of hydrogen-bond acceptors (Lipinski definition) is 7. The molecule has 1 unspecified atom stereocenters. The summed E-state index contributed by atoms with van der Waals surface area (Å²) in [7, 11) is 0. The van der Waals surface area contributed by atoms with Crippen molar-refractivity contribution in [2.75, 3.05) is 0 Å². The van der Waals surface area contributed by atoms with Crippen molar-refractivity contribution in [3.8, 4) is 0 Å². The first-order valence-corrected chi connectivity index (χ1v) is 7.89. The van der Waals surface area contributed by atoms with E-state index in [1.807, 2.05) is 0 Å². The zero-order valence-corrected chi connectivity index (χ0v) is 14.3. The zero-order valence-electron chi connectivity index (χ0n) is 14.3. The number of carbonyl (C=O) groups excluding carboxylic acids is 1. The van der Waals surface area contributed by atoms with Crippen molar-refractivity contribution in [1.82, 2.24) is 5.32 Å². The minimum absolute atomic E-state index is 0.0468. The molecular formula is C17H15N3O8. The molecule has 0 bridgehead atoms. The van der Waals surface area contributed by atoms with E-state index in [0.717, 1.165) is 18.2 Å². The highest BCUT2D eigenvalue weighted by molar-refractivity contribution is 5.72. The minimum atomic E-state index is -1.14. The first-order valence-electron chi connectivity index (χ1n) is 7.89. The van der Waals surface area contributed by atoms with Gasteiger partial charge in [0.15, 0.2) is 0 Å². The Kier molecular flexibility index (Phi) is 6.58. The summed E-state index contributed by atoms with van der Waals surface area (Å²) in [4.78, 5) is 43.2. The third-order valence-corrected chi connectivity index (χ3v) is 3.63. The van der Waals surface area contributed by atoms with E-state index < -0.39 is 45.9 Å². The predicted molar refractivity (Wildman–Crippen MR) is 94.5 cm³/mol. The Hall–Kier alpha value is -4.02. The Labute approximate surface area is 157 Å². The molecule has 0 aliphatic rings. The standard InChI is InChI=1S/C17H15N3O8/c21-16(22)9-15(12-4-2-1-3-5-12)18-17(23)28-10-11-6-13(19(24)25)8-14(7-11)20(26)27/h1-8,15H,9-10H2,(H,18,23)(H,21,22). The number of nitro groups is 2. The van der Waals surface area contributed by atoms with Gasteiger partial charge in [0, 0.05) is 17.7 Å². The average Bonchev–Trinajstić information content (AvgIpc) is 2.66. The lowest BCUT2D eigenvalue weighted by Gasteiger charge is -2.17. The van der Waals surface area contributed by atoms with Crippen LogP contribution in [0, 0.1) is 20.2 Å². The summed E-state index contributed by atoms with van der Waals surface area (Å²) in [6.07, 6.45) is -1.36. The fraction of sp³-hybridized carbons (Fsp3) is 0.176. The van der Waals surface area contributed by atoms with Gasteiger partial charge in [-0.05, 0) is 5.56 Å². The number of non-ortho nitro benzene ring substituents is 2. The van der Waals surface area contributed by atoms with Crippen LogP contribution < -0.4 is 5.32 Å². The zero-order chi connectivity index (χ0) is 20.7.